The fraction of sp³-hybridized carbons (Fsp3) is 0.250. The van der Waals surface area contributed by atoms with Crippen LogP contribution in [0.2, 0.25) is 5.02 Å². The summed E-state index contributed by atoms with van der Waals surface area (Å²) in [6.45, 7) is 0.319. The number of hydrogen-bond acceptors (Lipinski definition) is 3. The number of halogens is 1. The van der Waals surface area contributed by atoms with Crippen LogP contribution in [0.15, 0.2) is 48.5 Å². The van der Waals surface area contributed by atoms with Crippen molar-refractivity contribution in [3.05, 3.63) is 64.7 Å². The van der Waals surface area contributed by atoms with Crippen molar-refractivity contribution < 1.29 is 9.84 Å². The number of aliphatic hydroxyl groups excluding tert-OH is 1. The lowest BCUT2D eigenvalue weighted by atomic mass is 9.89. The fourth-order valence-corrected chi connectivity index (χ4v) is 2.50. The van der Waals surface area contributed by atoms with Gasteiger partial charge in [0.25, 0.3) is 0 Å². The maximum absolute atomic E-state index is 10.6. The number of rotatable bonds is 5. The molecule has 3 N–H and O–H groups in total. The van der Waals surface area contributed by atoms with Crippen LogP contribution >= 0.6 is 11.6 Å². The lowest BCUT2D eigenvalue weighted by Gasteiger charge is -2.23. The molecule has 0 aliphatic heterocycles. The van der Waals surface area contributed by atoms with E-state index in [-0.39, 0.29) is 5.92 Å². The van der Waals surface area contributed by atoms with Crippen LogP contribution in [-0.2, 0) is 0 Å². The van der Waals surface area contributed by atoms with Crippen LogP contribution in [0.25, 0.3) is 0 Å². The number of aliphatic hydroxyl groups is 1. The second-order valence-electron chi connectivity index (χ2n) is 4.59. The van der Waals surface area contributed by atoms with Crippen LogP contribution in [0.1, 0.15) is 23.1 Å². The number of methoxy groups -OCH3 is 1. The molecular weight excluding hydrogens is 274 g/mol. The van der Waals surface area contributed by atoms with E-state index < -0.39 is 6.10 Å². The van der Waals surface area contributed by atoms with Gasteiger partial charge in [0.15, 0.2) is 0 Å². The zero-order chi connectivity index (χ0) is 14.5. The minimum Gasteiger partial charge on any atom is -0.497 e. The summed E-state index contributed by atoms with van der Waals surface area (Å²) in [5.41, 5.74) is 7.46. The molecule has 0 aliphatic carbocycles. The average Bonchev–Trinajstić information content (AvgIpc) is 2.48. The summed E-state index contributed by atoms with van der Waals surface area (Å²) >= 11 is 6.14. The molecule has 0 bridgehead atoms. The molecule has 20 heavy (non-hydrogen) atoms. The second kappa shape index (κ2) is 6.75. The summed E-state index contributed by atoms with van der Waals surface area (Å²) in [4.78, 5) is 0. The Kier molecular flexibility index (Phi) is 5.01. The zero-order valence-electron chi connectivity index (χ0n) is 11.3. The van der Waals surface area contributed by atoms with Crippen molar-refractivity contribution in [3.8, 4) is 5.75 Å². The molecule has 3 nitrogen and oxygen atoms in total. The molecule has 2 aromatic carbocycles. The predicted molar refractivity (Wildman–Crippen MR) is 81.2 cm³/mol. The Bertz CT molecular complexity index is 574. The summed E-state index contributed by atoms with van der Waals surface area (Å²) in [5, 5.41) is 11.1. The van der Waals surface area contributed by atoms with Crippen LogP contribution in [0.4, 0.5) is 0 Å². The highest BCUT2D eigenvalue weighted by molar-refractivity contribution is 6.31. The average molecular weight is 292 g/mol. The minimum atomic E-state index is -0.749. The van der Waals surface area contributed by atoms with E-state index in [0.29, 0.717) is 17.1 Å². The van der Waals surface area contributed by atoms with Gasteiger partial charge < -0.3 is 15.6 Å². The van der Waals surface area contributed by atoms with Gasteiger partial charge in [0.1, 0.15) is 5.75 Å². The highest BCUT2D eigenvalue weighted by atomic mass is 35.5. The monoisotopic (exact) mass is 291 g/mol. The van der Waals surface area contributed by atoms with Crippen molar-refractivity contribution in [2.45, 2.75) is 12.0 Å². The molecule has 0 radical (unpaired) electrons. The smallest absolute Gasteiger partial charge is 0.119 e. The van der Waals surface area contributed by atoms with E-state index >= 15 is 0 Å². The van der Waals surface area contributed by atoms with Crippen LogP contribution in [0, 0.1) is 0 Å². The Morgan fingerprint density at radius 1 is 1.20 bits per heavy atom. The Morgan fingerprint density at radius 2 is 1.95 bits per heavy atom. The molecule has 4 heteroatoms. The molecular formula is C16H18ClNO2. The summed E-state index contributed by atoms with van der Waals surface area (Å²) in [6, 6.07) is 14.8. The van der Waals surface area contributed by atoms with Gasteiger partial charge in [-0.05, 0) is 29.3 Å². The van der Waals surface area contributed by atoms with Gasteiger partial charge in [0.05, 0.1) is 13.2 Å². The summed E-state index contributed by atoms with van der Waals surface area (Å²) < 4.78 is 5.21. The molecule has 2 aromatic rings. The zero-order valence-corrected chi connectivity index (χ0v) is 12.0. The van der Waals surface area contributed by atoms with E-state index in [1.165, 1.54) is 0 Å². The normalized spacial score (nSPS) is 13.8. The molecule has 2 atom stereocenters. The molecule has 0 aliphatic rings. The van der Waals surface area contributed by atoms with Crippen molar-refractivity contribution in [1.29, 1.82) is 0 Å². The molecule has 2 rings (SSSR count). The maximum Gasteiger partial charge on any atom is 0.119 e. The van der Waals surface area contributed by atoms with Crippen molar-refractivity contribution in [3.63, 3.8) is 0 Å². The third kappa shape index (κ3) is 3.12. The van der Waals surface area contributed by atoms with E-state index in [9.17, 15) is 5.11 Å². The third-order valence-corrected chi connectivity index (χ3v) is 3.73. The van der Waals surface area contributed by atoms with Gasteiger partial charge in [-0.25, -0.2) is 0 Å². The molecule has 0 saturated heterocycles. The summed E-state index contributed by atoms with van der Waals surface area (Å²) in [7, 11) is 1.61. The molecule has 0 amide bonds. The van der Waals surface area contributed by atoms with Gasteiger partial charge >= 0.3 is 0 Å². The number of benzene rings is 2. The first kappa shape index (κ1) is 14.9. The Labute approximate surface area is 123 Å². The molecule has 0 heterocycles. The van der Waals surface area contributed by atoms with Crippen molar-refractivity contribution in [1.82, 2.24) is 0 Å². The molecule has 0 fully saturated rings. The van der Waals surface area contributed by atoms with Gasteiger partial charge in [0.2, 0.25) is 0 Å². The van der Waals surface area contributed by atoms with Gasteiger partial charge in [0, 0.05) is 17.5 Å². The molecule has 0 saturated carbocycles. The second-order valence-corrected chi connectivity index (χ2v) is 4.99. The van der Waals surface area contributed by atoms with Gasteiger partial charge in [-0.3, -0.25) is 0 Å². The van der Waals surface area contributed by atoms with Crippen LogP contribution in [0.5, 0.6) is 5.75 Å². The molecule has 0 spiro atoms. The van der Waals surface area contributed by atoms with Gasteiger partial charge in [-0.2, -0.15) is 0 Å². The maximum atomic E-state index is 10.6. The Hall–Kier alpha value is -1.55. The quantitative estimate of drug-likeness (QED) is 0.890. The van der Waals surface area contributed by atoms with E-state index in [4.69, 9.17) is 22.1 Å². The van der Waals surface area contributed by atoms with Gasteiger partial charge in [-0.15, -0.1) is 0 Å². The third-order valence-electron chi connectivity index (χ3n) is 3.38. The minimum absolute atomic E-state index is 0.231. The van der Waals surface area contributed by atoms with Crippen LogP contribution in [0.3, 0.4) is 0 Å². The molecule has 0 aromatic heterocycles. The van der Waals surface area contributed by atoms with Crippen molar-refractivity contribution in [2.75, 3.05) is 13.7 Å². The standard InChI is InChI=1S/C16H18ClNO2/c1-20-12-6-4-5-11(9-12)14(10-18)16(19)13-7-2-3-8-15(13)17/h2-9,14,16,19H,10,18H2,1H3. The van der Waals surface area contributed by atoms with Crippen LogP contribution in [-0.4, -0.2) is 18.8 Å². The highest BCUT2D eigenvalue weighted by Crippen LogP contribution is 2.34. The topological polar surface area (TPSA) is 55.5 Å². The summed E-state index contributed by atoms with van der Waals surface area (Å²) in [6.07, 6.45) is -0.749. The Balaban J connectivity index is 2.34. The predicted octanol–water partition coefficient (Wildman–Crippen LogP) is 3.12. The SMILES string of the molecule is COc1cccc(C(CN)C(O)c2ccccc2Cl)c1. The summed E-state index contributed by atoms with van der Waals surface area (Å²) in [5.74, 6) is 0.511. The number of ether oxygens (including phenoxy) is 1. The fourth-order valence-electron chi connectivity index (χ4n) is 2.25. The first-order valence-corrected chi connectivity index (χ1v) is 6.81. The van der Waals surface area contributed by atoms with Crippen LogP contribution < -0.4 is 10.5 Å². The van der Waals surface area contributed by atoms with E-state index in [1.807, 2.05) is 42.5 Å². The molecule has 106 valence electrons. The number of hydrogen-bond donors (Lipinski definition) is 2. The first-order chi connectivity index (χ1) is 9.67. The van der Waals surface area contributed by atoms with Crippen molar-refractivity contribution >= 4 is 11.6 Å². The lowest BCUT2D eigenvalue weighted by molar-refractivity contribution is 0.147. The lowest BCUT2D eigenvalue weighted by Crippen LogP contribution is -2.20. The van der Waals surface area contributed by atoms with Gasteiger partial charge in [-0.1, -0.05) is 41.9 Å². The van der Waals surface area contributed by atoms with E-state index in [0.717, 1.165) is 11.3 Å². The van der Waals surface area contributed by atoms with E-state index in [2.05, 4.69) is 0 Å². The molecule has 2 unspecified atom stereocenters. The van der Waals surface area contributed by atoms with Crippen molar-refractivity contribution in [2.24, 2.45) is 5.73 Å². The highest BCUT2D eigenvalue weighted by Gasteiger charge is 2.23. The first-order valence-electron chi connectivity index (χ1n) is 6.44. The van der Waals surface area contributed by atoms with E-state index in [1.54, 1.807) is 13.2 Å². The Morgan fingerprint density at radius 3 is 2.60 bits per heavy atom. The number of nitrogens with two attached hydrogens (primary N) is 1. The largest absolute Gasteiger partial charge is 0.497 e.